The highest BCUT2D eigenvalue weighted by atomic mass is 79.9. The van der Waals surface area contributed by atoms with Gasteiger partial charge in [0.05, 0.1) is 16.4 Å². The van der Waals surface area contributed by atoms with E-state index in [2.05, 4.69) is 32.5 Å². The van der Waals surface area contributed by atoms with Crippen molar-refractivity contribution in [2.45, 2.75) is 37.0 Å². The first-order valence-electron chi connectivity index (χ1n) is 5.89. The molecule has 0 atom stereocenters. The van der Waals surface area contributed by atoms with E-state index in [9.17, 15) is 0 Å². The third-order valence-electron chi connectivity index (χ3n) is 3.21. The Morgan fingerprint density at radius 1 is 1.41 bits per heavy atom. The molecule has 5 heteroatoms. The van der Waals surface area contributed by atoms with Crippen LogP contribution in [-0.4, -0.2) is 22.5 Å². The zero-order valence-electron chi connectivity index (χ0n) is 9.95. The molecule has 0 aliphatic heterocycles. The van der Waals surface area contributed by atoms with E-state index in [4.69, 9.17) is 5.73 Å². The van der Waals surface area contributed by atoms with E-state index in [1.165, 1.54) is 25.7 Å². The molecule has 0 saturated heterocycles. The van der Waals surface area contributed by atoms with Crippen LogP contribution in [0.2, 0.25) is 0 Å². The minimum absolute atomic E-state index is 0.547. The summed E-state index contributed by atoms with van der Waals surface area (Å²) >= 11 is 5.48. The highest BCUT2D eigenvalue weighted by Crippen LogP contribution is 2.30. The molecule has 3 nitrogen and oxygen atoms in total. The Morgan fingerprint density at radius 2 is 2.12 bits per heavy atom. The van der Waals surface area contributed by atoms with Gasteiger partial charge in [-0.05, 0) is 53.9 Å². The van der Waals surface area contributed by atoms with Crippen molar-refractivity contribution in [3.8, 4) is 0 Å². The minimum atomic E-state index is 0.547. The lowest BCUT2D eigenvalue weighted by atomic mass is 9.95. The van der Waals surface area contributed by atoms with Crippen LogP contribution in [0.4, 0.5) is 11.5 Å². The Morgan fingerprint density at radius 3 is 2.71 bits per heavy atom. The molecule has 1 fully saturated rings. The molecular formula is C12H18BrN3S. The second-order valence-corrected chi connectivity index (χ2v) is 6.45. The maximum Gasteiger partial charge on any atom is 0.140 e. The number of nitrogens with one attached hydrogen (secondary N) is 1. The van der Waals surface area contributed by atoms with Gasteiger partial charge in [0.15, 0.2) is 0 Å². The lowest BCUT2D eigenvalue weighted by molar-refractivity contribution is 0.472. The first-order chi connectivity index (χ1) is 8.19. The van der Waals surface area contributed by atoms with E-state index in [-0.39, 0.29) is 0 Å². The summed E-state index contributed by atoms with van der Waals surface area (Å²) in [5.74, 6) is 0.909. The largest absolute Gasteiger partial charge is 0.397 e. The highest BCUT2D eigenvalue weighted by Gasteiger charge is 2.20. The number of hydrogen-bond acceptors (Lipinski definition) is 4. The molecule has 3 N–H and O–H groups in total. The van der Waals surface area contributed by atoms with Crippen LogP contribution >= 0.6 is 27.7 Å². The molecule has 1 saturated carbocycles. The maximum absolute atomic E-state index is 5.67. The number of aromatic nitrogens is 1. The van der Waals surface area contributed by atoms with Crippen LogP contribution in [0.15, 0.2) is 16.7 Å². The number of pyridine rings is 1. The summed E-state index contributed by atoms with van der Waals surface area (Å²) in [7, 11) is 0. The second-order valence-electron chi connectivity index (χ2n) is 4.45. The van der Waals surface area contributed by atoms with Crippen molar-refractivity contribution >= 4 is 39.2 Å². The van der Waals surface area contributed by atoms with Crippen molar-refractivity contribution in [2.75, 3.05) is 17.3 Å². The predicted octanol–water partition coefficient (Wildman–Crippen LogP) is 3.51. The molecule has 1 aromatic rings. The molecule has 0 aromatic carbocycles. The van der Waals surface area contributed by atoms with Gasteiger partial charge in [0.2, 0.25) is 0 Å². The van der Waals surface area contributed by atoms with Crippen LogP contribution < -0.4 is 11.1 Å². The average Bonchev–Trinajstić information content (AvgIpc) is 2.34. The Bertz CT molecular complexity index is 378. The number of anilines is 2. The molecule has 1 aromatic heterocycles. The molecule has 1 aliphatic rings. The molecule has 0 amide bonds. The molecule has 17 heavy (non-hydrogen) atoms. The smallest absolute Gasteiger partial charge is 0.140 e. The molecular weight excluding hydrogens is 298 g/mol. The van der Waals surface area contributed by atoms with E-state index >= 15 is 0 Å². The fourth-order valence-electron chi connectivity index (χ4n) is 2.20. The van der Waals surface area contributed by atoms with Gasteiger partial charge in [0.1, 0.15) is 5.82 Å². The van der Waals surface area contributed by atoms with Crippen molar-refractivity contribution in [1.29, 1.82) is 0 Å². The van der Waals surface area contributed by atoms with Crippen molar-refractivity contribution in [3.63, 3.8) is 0 Å². The van der Waals surface area contributed by atoms with Gasteiger partial charge in [0, 0.05) is 11.3 Å². The fourth-order valence-corrected chi connectivity index (χ4v) is 3.42. The zero-order valence-corrected chi connectivity index (χ0v) is 12.4. The molecule has 0 spiro atoms. The van der Waals surface area contributed by atoms with Crippen LogP contribution in [0, 0.1) is 0 Å². The van der Waals surface area contributed by atoms with Gasteiger partial charge in [-0.1, -0.05) is 0 Å². The Balaban J connectivity index is 1.93. The van der Waals surface area contributed by atoms with Crippen LogP contribution in [0.1, 0.15) is 25.7 Å². The van der Waals surface area contributed by atoms with Crippen molar-refractivity contribution in [2.24, 2.45) is 0 Å². The lowest BCUT2D eigenvalue weighted by Gasteiger charge is -2.28. The second kappa shape index (κ2) is 5.96. The Labute approximate surface area is 115 Å². The van der Waals surface area contributed by atoms with Crippen LogP contribution in [0.3, 0.4) is 0 Å². The highest BCUT2D eigenvalue weighted by molar-refractivity contribution is 9.10. The maximum atomic E-state index is 5.67. The molecule has 0 unspecified atom stereocenters. The van der Waals surface area contributed by atoms with Gasteiger partial charge >= 0.3 is 0 Å². The topological polar surface area (TPSA) is 50.9 Å². The number of halogens is 1. The fraction of sp³-hybridized carbons (Fsp3) is 0.583. The lowest BCUT2D eigenvalue weighted by Crippen LogP contribution is -2.27. The van der Waals surface area contributed by atoms with E-state index in [1.807, 2.05) is 17.8 Å². The van der Waals surface area contributed by atoms with Gasteiger partial charge in [-0.25, -0.2) is 4.98 Å². The van der Waals surface area contributed by atoms with E-state index < -0.39 is 0 Å². The van der Waals surface area contributed by atoms with Gasteiger partial charge in [0.25, 0.3) is 0 Å². The predicted molar refractivity (Wildman–Crippen MR) is 79.5 cm³/mol. The number of nitrogens with zero attached hydrogens (tertiary/aromatic N) is 1. The third kappa shape index (κ3) is 3.52. The first kappa shape index (κ1) is 13.0. The minimum Gasteiger partial charge on any atom is -0.397 e. The molecule has 2 rings (SSSR count). The average molecular weight is 316 g/mol. The van der Waals surface area contributed by atoms with Crippen molar-refractivity contribution in [1.82, 2.24) is 4.98 Å². The van der Waals surface area contributed by atoms with E-state index in [0.717, 1.165) is 15.5 Å². The number of nitrogen functional groups attached to an aromatic ring is 1. The Kier molecular flexibility index (Phi) is 4.56. The van der Waals surface area contributed by atoms with Crippen LogP contribution in [-0.2, 0) is 0 Å². The summed E-state index contributed by atoms with van der Waals surface area (Å²) in [5, 5.41) is 4.34. The quantitative estimate of drug-likeness (QED) is 0.896. The summed E-state index contributed by atoms with van der Waals surface area (Å²) in [6.45, 7) is 0. The molecule has 1 aliphatic carbocycles. The van der Waals surface area contributed by atoms with E-state index in [0.29, 0.717) is 11.7 Å². The van der Waals surface area contributed by atoms with Crippen molar-refractivity contribution < 1.29 is 0 Å². The van der Waals surface area contributed by atoms with Crippen LogP contribution in [0.5, 0.6) is 0 Å². The summed E-state index contributed by atoms with van der Waals surface area (Å²) < 4.78 is 0.949. The van der Waals surface area contributed by atoms with E-state index in [1.54, 1.807) is 6.20 Å². The van der Waals surface area contributed by atoms with Gasteiger partial charge in [-0.15, -0.1) is 0 Å². The number of hydrogen-bond donors (Lipinski definition) is 2. The molecule has 1 heterocycles. The third-order valence-corrected chi connectivity index (χ3v) is 4.95. The number of nitrogens with two attached hydrogens (primary N) is 1. The summed E-state index contributed by atoms with van der Waals surface area (Å²) in [4.78, 5) is 4.32. The number of rotatable bonds is 3. The first-order valence-corrected chi connectivity index (χ1v) is 7.97. The van der Waals surface area contributed by atoms with Gasteiger partial charge < -0.3 is 11.1 Å². The van der Waals surface area contributed by atoms with Gasteiger partial charge in [-0.2, -0.15) is 11.8 Å². The standard InChI is InChI=1S/C12H18BrN3S/c1-17-10-4-2-9(3-5-10)16-12-11(13)6-8(14)7-15-12/h6-7,9-10H,2-5,14H2,1H3,(H,15,16). The van der Waals surface area contributed by atoms with Crippen LogP contribution in [0.25, 0.3) is 0 Å². The Hall–Kier alpha value is -0.420. The normalized spacial score (nSPS) is 24.6. The summed E-state index contributed by atoms with van der Waals surface area (Å²) in [6, 6.07) is 2.44. The van der Waals surface area contributed by atoms with Crippen molar-refractivity contribution in [3.05, 3.63) is 16.7 Å². The summed E-state index contributed by atoms with van der Waals surface area (Å²) in [6.07, 6.45) is 8.95. The van der Waals surface area contributed by atoms with Gasteiger partial charge in [-0.3, -0.25) is 0 Å². The number of thioether (sulfide) groups is 1. The molecule has 94 valence electrons. The summed E-state index contributed by atoms with van der Waals surface area (Å²) in [5.41, 5.74) is 6.36. The SMILES string of the molecule is CSC1CCC(Nc2ncc(N)cc2Br)CC1. The zero-order chi connectivity index (χ0) is 12.3. The molecule has 0 bridgehead atoms. The molecule has 0 radical (unpaired) electrons. The monoisotopic (exact) mass is 315 g/mol.